The van der Waals surface area contributed by atoms with Crippen molar-refractivity contribution in [2.24, 2.45) is 0 Å². The predicted molar refractivity (Wildman–Crippen MR) is 80.5 cm³/mol. The number of hydrogen-bond donors (Lipinski definition) is 2. The van der Waals surface area contributed by atoms with Crippen molar-refractivity contribution in [3.05, 3.63) is 51.2 Å². The molecule has 3 N–H and O–H groups in total. The van der Waals surface area contributed by atoms with Gasteiger partial charge in [-0.2, -0.15) is 11.3 Å². The van der Waals surface area contributed by atoms with Gasteiger partial charge >= 0.3 is 0 Å². The Morgan fingerprint density at radius 1 is 1.32 bits per heavy atom. The van der Waals surface area contributed by atoms with E-state index in [1.165, 1.54) is 0 Å². The van der Waals surface area contributed by atoms with E-state index in [1.54, 1.807) is 17.4 Å². The van der Waals surface area contributed by atoms with E-state index in [0.29, 0.717) is 11.3 Å². The molecule has 1 unspecified atom stereocenters. The third kappa shape index (κ3) is 2.96. The number of rotatable bonds is 3. The molecule has 1 atom stereocenters. The lowest BCUT2D eigenvalue weighted by Gasteiger charge is -2.15. The Hall–Kier alpha value is -1.81. The lowest BCUT2D eigenvalue weighted by Crippen LogP contribution is -2.27. The fourth-order valence-corrected chi connectivity index (χ4v) is 2.75. The van der Waals surface area contributed by atoms with Gasteiger partial charge < -0.3 is 11.1 Å². The van der Waals surface area contributed by atoms with E-state index >= 15 is 0 Å². The van der Waals surface area contributed by atoms with Crippen molar-refractivity contribution in [3.8, 4) is 0 Å². The van der Waals surface area contributed by atoms with Gasteiger partial charge in [-0.1, -0.05) is 6.07 Å². The van der Waals surface area contributed by atoms with Gasteiger partial charge in [-0.3, -0.25) is 4.79 Å². The Labute approximate surface area is 117 Å². The fourth-order valence-electron chi connectivity index (χ4n) is 1.99. The molecule has 2 rings (SSSR count). The zero-order valence-corrected chi connectivity index (χ0v) is 12.2. The van der Waals surface area contributed by atoms with Crippen molar-refractivity contribution in [1.29, 1.82) is 0 Å². The highest BCUT2D eigenvalue weighted by Crippen LogP contribution is 2.20. The maximum absolute atomic E-state index is 12.3. The number of hydrogen-bond acceptors (Lipinski definition) is 3. The van der Waals surface area contributed by atoms with Crippen LogP contribution in [0.3, 0.4) is 0 Å². The molecule has 1 aromatic heterocycles. The van der Waals surface area contributed by atoms with Gasteiger partial charge in [-0.15, -0.1) is 0 Å². The average molecular weight is 274 g/mol. The first kappa shape index (κ1) is 13.6. The van der Waals surface area contributed by atoms with E-state index in [9.17, 15) is 4.79 Å². The number of aryl methyl sites for hydroxylation is 2. The second-order valence-corrected chi connectivity index (χ2v) is 5.56. The molecule has 0 aliphatic carbocycles. The summed E-state index contributed by atoms with van der Waals surface area (Å²) in [5.74, 6) is -0.0806. The van der Waals surface area contributed by atoms with Gasteiger partial charge in [-0.25, -0.2) is 0 Å². The first-order chi connectivity index (χ1) is 8.99. The molecule has 2 aromatic rings. The third-order valence-electron chi connectivity index (χ3n) is 3.25. The summed E-state index contributed by atoms with van der Waals surface area (Å²) in [5, 5.41) is 7.05. The highest BCUT2D eigenvalue weighted by Gasteiger charge is 2.14. The van der Waals surface area contributed by atoms with E-state index in [2.05, 4.69) is 5.32 Å². The second kappa shape index (κ2) is 5.45. The number of nitrogens with one attached hydrogen (secondary N) is 1. The van der Waals surface area contributed by atoms with Crippen molar-refractivity contribution in [2.75, 3.05) is 5.73 Å². The maximum Gasteiger partial charge on any atom is 0.252 e. The van der Waals surface area contributed by atoms with Crippen LogP contribution < -0.4 is 11.1 Å². The van der Waals surface area contributed by atoms with E-state index in [4.69, 9.17) is 5.73 Å². The van der Waals surface area contributed by atoms with Gasteiger partial charge in [0.1, 0.15) is 0 Å². The molecule has 1 heterocycles. The highest BCUT2D eigenvalue weighted by atomic mass is 32.1. The van der Waals surface area contributed by atoms with Gasteiger partial charge in [0, 0.05) is 11.3 Å². The zero-order chi connectivity index (χ0) is 14.0. The van der Waals surface area contributed by atoms with Crippen molar-refractivity contribution >= 4 is 22.9 Å². The molecule has 0 saturated carbocycles. The van der Waals surface area contributed by atoms with Crippen LogP contribution in [-0.4, -0.2) is 5.91 Å². The smallest absolute Gasteiger partial charge is 0.252 e. The molecule has 100 valence electrons. The Morgan fingerprint density at radius 2 is 2.05 bits per heavy atom. The average Bonchev–Trinajstić information content (AvgIpc) is 2.87. The molecular weight excluding hydrogens is 256 g/mol. The summed E-state index contributed by atoms with van der Waals surface area (Å²) >= 11 is 1.63. The van der Waals surface area contributed by atoms with Crippen molar-refractivity contribution < 1.29 is 4.79 Å². The molecule has 4 heteroatoms. The Morgan fingerprint density at radius 3 is 2.68 bits per heavy atom. The zero-order valence-electron chi connectivity index (χ0n) is 11.4. The standard InChI is InChI=1S/C15H18N2OS/c1-9-6-10(2)14(16)7-13(9)15(18)17-11(3)12-4-5-19-8-12/h4-8,11H,16H2,1-3H3,(H,17,18). The molecule has 0 spiro atoms. The molecule has 0 bridgehead atoms. The van der Waals surface area contributed by atoms with Crippen molar-refractivity contribution in [3.63, 3.8) is 0 Å². The van der Waals surface area contributed by atoms with E-state index in [0.717, 1.165) is 16.7 Å². The fraction of sp³-hybridized carbons (Fsp3) is 0.267. The molecule has 19 heavy (non-hydrogen) atoms. The monoisotopic (exact) mass is 274 g/mol. The van der Waals surface area contributed by atoms with Crippen LogP contribution in [0, 0.1) is 13.8 Å². The van der Waals surface area contributed by atoms with Crippen LogP contribution in [0.2, 0.25) is 0 Å². The van der Waals surface area contributed by atoms with Crippen LogP contribution in [0.1, 0.15) is 40.0 Å². The number of anilines is 1. The first-order valence-corrected chi connectivity index (χ1v) is 7.13. The SMILES string of the molecule is Cc1cc(C)c(C(=O)NC(C)c2ccsc2)cc1N. The second-order valence-electron chi connectivity index (χ2n) is 4.78. The van der Waals surface area contributed by atoms with Gasteiger partial charge in [0.05, 0.1) is 6.04 Å². The minimum Gasteiger partial charge on any atom is -0.398 e. The van der Waals surface area contributed by atoms with Gasteiger partial charge in [0.15, 0.2) is 0 Å². The van der Waals surface area contributed by atoms with Crippen LogP contribution in [-0.2, 0) is 0 Å². The van der Waals surface area contributed by atoms with Crippen LogP contribution in [0.5, 0.6) is 0 Å². The summed E-state index contributed by atoms with van der Waals surface area (Å²) in [6.45, 7) is 5.85. The quantitative estimate of drug-likeness (QED) is 0.842. The Bertz CT molecular complexity index is 590. The number of carbonyl (C=O) groups is 1. The lowest BCUT2D eigenvalue weighted by atomic mass is 10.0. The molecular formula is C15H18N2OS. The van der Waals surface area contributed by atoms with Crippen molar-refractivity contribution in [2.45, 2.75) is 26.8 Å². The molecule has 0 aliphatic rings. The number of thiophene rings is 1. The largest absolute Gasteiger partial charge is 0.398 e. The normalized spacial score (nSPS) is 12.2. The maximum atomic E-state index is 12.3. The molecule has 3 nitrogen and oxygen atoms in total. The summed E-state index contributed by atoms with van der Waals surface area (Å²) in [6.07, 6.45) is 0. The molecule has 0 fully saturated rings. The molecule has 0 saturated heterocycles. The Balaban J connectivity index is 2.19. The van der Waals surface area contributed by atoms with E-state index in [1.807, 2.05) is 43.7 Å². The van der Waals surface area contributed by atoms with E-state index in [-0.39, 0.29) is 11.9 Å². The minimum atomic E-state index is -0.0806. The van der Waals surface area contributed by atoms with Crippen LogP contribution in [0.25, 0.3) is 0 Å². The first-order valence-electron chi connectivity index (χ1n) is 6.18. The number of benzene rings is 1. The number of amides is 1. The van der Waals surface area contributed by atoms with Crippen LogP contribution in [0.4, 0.5) is 5.69 Å². The summed E-state index contributed by atoms with van der Waals surface area (Å²) in [5.41, 5.74) is 10.2. The van der Waals surface area contributed by atoms with Gasteiger partial charge in [0.25, 0.3) is 5.91 Å². The highest BCUT2D eigenvalue weighted by molar-refractivity contribution is 7.07. The number of carbonyl (C=O) groups excluding carboxylic acids is 1. The minimum absolute atomic E-state index is 0.000627. The Kier molecular flexibility index (Phi) is 3.90. The van der Waals surface area contributed by atoms with Gasteiger partial charge in [-0.05, 0) is 60.4 Å². The number of nitrogen functional groups attached to an aromatic ring is 1. The van der Waals surface area contributed by atoms with Crippen molar-refractivity contribution in [1.82, 2.24) is 5.32 Å². The molecule has 1 amide bonds. The predicted octanol–water partition coefficient (Wildman–Crippen LogP) is 3.44. The summed E-state index contributed by atoms with van der Waals surface area (Å²) in [4.78, 5) is 12.3. The summed E-state index contributed by atoms with van der Waals surface area (Å²) in [7, 11) is 0. The lowest BCUT2D eigenvalue weighted by molar-refractivity contribution is 0.0939. The van der Waals surface area contributed by atoms with Gasteiger partial charge in [0.2, 0.25) is 0 Å². The van der Waals surface area contributed by atoms with E-state index < -0.39 is 0 Å². The molecule has 0 radical (unpaired) electrons. The van der Waals surface area contributed by atoms with Crippen LogP contribution >= 0.6 is 11.3 Å². The molecule has 1 aromatic carbocycles. The third-order valence-corrected chi connectivity index (χ3v) is 3.95. The van der Waals surface area contributed by atoms with Crippen LogP contribution in [0.15, 0.2) is 29.0 Å². The summed E-state index contributed by atoms with van der Waals surface area (Å²) in [6, 6.07) is 5.71. The summed E-state index contributed by atoms with van der Waals surface area (Å²) < 4.78 is 0. The number of nitrogens with two attached hydrogens (primary N) is 1. The topological polar surface area (TPSA) is 55.1 Å². The molecule has 0 aliphatic heterocycles.